The van der Waals surface area contributed by atoms with Gasteiger partial charge in [-0.3, -0.25) is 0 Å². The summed E-state index contributed by atoms with van der Waals surface area (Å²) in [5.41, 5.74) is 1.53. The minimum atomic E-state index is -0.846. The second-order valence-corrected chi connectivity index (χ2v) is 5.81. The summed E-state index contributed by atoms with van der Waals surface area (Å²) in [5, 5.41) is 18.8. The molecule has 3 rings (SSSR count). The predicted molar refractivity (Wildman–Crippen MR) is 90.8 cm³/mol. The quantitative estimate of drug-likeness (QED) is 0.707. The number of unbranched alkanes of at least 4 members (excludes halogenated alkanes) is 1. The molecule has 0 bridgehead atoms. The normalized spacial score (nSPS) is 12.6. The van der Waals surface area contributed by atoms with E-state index in [-0.39, 0.29) is 0 Å². The van der Waals surface area contributed by atoms with Gasteiger partial charge in [-0.1, -0.05) is 44.9 Å². The third-order valence-electron chi connectivity index (χ3n) is 4.16. The van der Waals surface area contributed by atoms with Crippen LogP contribution in [0.1, 0.15) is 45.0 Å². The molecular weight excluding hydrogens is 306 g/mol. The van der Waals surface area contributed by atoms with Crippen molar-refractivity contribution < 1.29 is 14.3 Å². The average molecular weight is 327 g/mol. The summed E-state index contributed by atoms with van der Waals surface area (Å²) in [6.07, 6.45) is 2.99. The second kappa shape index (κ2) is 6.86. The van der Waals surface area contributed by atoms with Crippen molar-refractivity contribution in [1.29, 1.82) is 0 Å². The predicted octanol–water partition coefficient (Wildman–Crippen LogP) is 4.07. The van der Waals surface area contributed by atoms with Gasteiger partial charge in [0.25, 0.3) is 5.89 Å². The van der Waals surface area contributed by atoms with Crippen molar-refractivity contribution in [1.82, 2.24) is 14.8 Å². The number of nitrogens with zero attached hydrogens (tertiary/aromatic N) is 3. The van der Waals surface area contributed by atoms with Gasteiger partial charge in [-0.2, -0.15) is 0 Å². The molecule has 0 saturated heterocycles. The van der Waals surface area contributed by atoms with Crippen molar-refractivity contribution in [3.05, 3.63) is 36.2 Å². The van der Waals surface area contributed by atoms with E-state index in [9.17, 15) is 9.90 Å². The van der Waals surface area contributed by atoms with Crippen LogP contribution in [0, 0.1) is 0 Å². The Kier molecular flexibility index (Phi) is 4.64. The lowest BCUT2D eigenvalue weighted by atomic mass is 10.1. The van der Waals surface area contributed by atoms with Crippen molar-refractivity contribution in [2.45, 2.75) is 45.6 Å². The Bertz CT molecular complexity index is 850. The highest BCUT2D eigenvalue weighted by molar-refractivity contribution is 5.88. The Morgan fingerprint density at radius 1 is 1.29 bits per heavy atom. The van der Waals surface area contributed by atoms with Gasteiger partial charge < -0.3 is 14.1 Å². The Balaban J connectivity index is 2.19. The third-order valence-corrected chi connectivity index (χ3v) is 4.16. The fourth-order valence-corrected chi connectivity index (χ4v) is 2.94. The van der Waals surface area contributed by atoms with E-state index in [1.807, 2.05) is 41.8 Å². The maximum absolute atomic E-state index is 11.9. The topological polar surface area (TPSA) is 81.1 Å². The molecule has 6 nitrogen and oxygen atoms in total. The number of aryl methyl sites for hydroxylation is 1. The van der Waals surface area contributed by atoms with Crippen LogP contribution in [0.5, 0.6) is 0 Å². The molecule has 1 aromatic carbocycles. The van der Waals surface area contributed by atoms with Gasteiger partial charge >= 0.3 is 5.97 Å². The van der Waals surface area contributed by atoms with Crippen LogP contribution in [0.2, 0.25) is 0 Å². The van der Waals surface area contributed by atoms with E-state index >= 15 is 0 Å². The minimum absolute atomic E-state index is 0.366. The number of hydrogen-bond donors (Lipinski definition) is 1. The van der Waals surface area contributed by atoms with E-state index in [1.54, 1.807) is 0 Å². The second-order valence-electron chi connectivity index (χ2n) is 5.81. The highest BCUT2D eigenvalue weighted by Crippen LogP contribution is 2.33. The SMILES string of the molecule is CCCCC(C(=O)O)n1c(-c2nnc(CC)o2)cc2ccccc21. The number of hydrogen-bond acceptors (Lipinski definition) is 4. The lowest BCUT2D eigenvalue weighted by molar-refractivity contribution is -0.141. The molecule has 0 aliphatic rings. The summed E-state index contributed by atoms with van der Waals surface area (Å²) >= 11 is 0. The maximum atomic E-state index is 11.9. The molecule has 1 N–H and O–H groups in total. The Morgan fingerprint density at radius 2 is 2.08 bits per heavy atom. The van der Waals surface area contributed by atoms with Crippen molar-refractivity contribution in [3.8, 4) is 11.6 Å². The highest BCUT2D eigenvalue weighted by Gasteiger charge is 2.26. The van der Waals surface area contributed by atoms with E-state index in [0.717, 1.165) is 23.7 Å². The maximum Gasteiger partial charge on any atom is 0.326 e. The van der Waals surface area contributed by atoms with Crippen LogP contribution in [0.15, 0.2) is 34.7 Å². The van der Waals surface area contributed by atoms with Gasteiger partial charge in [0.2, 0.25) is 5.89 Å². The summed E-state index contributed by atoms with van der Waals surface area (Å²) in [6, 6.07) is 9.00. The molecule has 1 unspecified atom stereocenters. The molecule has 0 spiro atoms. The summed E-state index contributed by atoms with van der Waals surface area (Å²) < 4.78 is 7.51. The molecule has 0 radical (unpaired) electrons. The standard InChI is InChI=1S/C18H21N3O3/c1-3-5-9-14(18(22)23)21-13-10-7-6-8-12(13)11-15(21)17-20-19-16(4-2)24-17/h6-8,10-11,14H,3-5,9H2,1-2H3,(H,22,23). The van der Waals surface area contributed by atoms with Crippen LogP contribution in [0.4, 0.5) is 0 Å². The summed E-state index contributed by atoms with van der Waals surface area (Å²) in [7, 11) is 0. The molecule has 0 fully saturated rings. The van der Waals surface area contributed by atoms with Crippen molar-refractivity contribution in [2.75, 3.05) is 0 Å². The number of aliphatic carboxylic acids is 1. The molecular formula is C18H21N3O3. The van der Waals surface area contributed by atoms with E-state index < -0.39 is 12.0 Å². The first kappa shape index (κ1) is 16.2. The third kappa shape index (κ3) is 2.91. The molecule has 0 aliphatic heterocycles. The lowest BCUT2D eigenvalue weighted by Crippen LogP contribution is -2.19. The number of carboxylic acids is 1. The van der Waals surface area contributed by atoms with E-state index in [2.05, 4.69) is 17.1 Å². The first-order chi connectivity index (χ1) is 11.7. The molecule has 0 saturated carbocycles. The zero-order valence-corrected chi connectivity index (χ0v) is 13.9. The van der Waals surface area contributed by atoms with Crippen LogP contribution >= 0.6 is 0 Å². The monoisotopic (exact) mass is 327 g/mol. The van der Waals surface area contributed by atoms with Gasteiger partial charge in [-0.25, -0.2) is 4.79 Å². The molecule has 126 valence electrons. The van der Waals surface area contributed by atoms with Crippen molar-refractivity contribution >= 4 is 16.9 Å². The van der Waals surface area contributed by atoms with E-state index in [1.165, 1.54) is 0 Å². The number of fused-ring (bicyclic) bond motifs is 1. The molecule has 2 heterocycles. The first-order valence-corrected chi connectivity index (χ1v) is 8.31. The van der Waals surface area contributed by atoms with Crippen LogP contribution in [0.25, 0.3) is 22.5 Å². The van der Waals surface area contributed by atoms with Crippen LogP contribution < -0.4 is 0 Å². The van der Waals surface area contributed by atoms with Gasteiger partial charge in [0.15, 0.2) is 0 Å². The van der Waals surface area contributed by atoms with Gasteiger partial charge in [0, 0.05) is 17.3 Å². The van der Waals surface area contributed by atoms with Crippen molar-refractivity contribution in [3.63, 3.8) is 0 Å². The molecule has 1 atom stereocenters. The number of carbonyl (C=O) groups is 1. The summed E-state index contributed by atoms with van der Waals surface area (Å²) in [5.74, 6) is 0.0642. The highest BCUT2D eigenvalue weighted by atomic mass is 16.4. The summed E-state index contributed by atoms with van der Waals surface area (Å²) in [6.45, 7) is 3.99. The Morgan fingerprint density at radius 3 is 2.75 bits per heavy atom. The summed E-state index contributed by atoms with van der Waals surface area (Å²) in [4.78, 5) is 11.9. The Hall–Kier alpha value is -2.63. The molecule has 3 aromatic rings. The number of rotatable bonds is 7. The van der Waals surface area contributed by atoms with Gasteiger partial charge in [-0.15, -0.1) is 10.2 Å². The van der Waals surface area contributed by atoms with Gasteiger partial charge in [0.05, 0.1) is 0 Å². The van der Waals surface area contributed by atoms with Crippen molar-refractivity contribution in [2.24, 2.45) is 0 Å². The largest absolute Gasteiger partial charge is 0.480 e. The molecule has 0 aliphatic carbocycles. The van der Waals surface area contributed by atoms with Crippen LogP contribution in [-0.2, 0) is 11.2 Å². The zero-order valence-electron chi connectivity index (χ0n) is 13.9. The average Bonchev–Trinajstić information content (AvgIpc) is 3.19. The van der Waals surface area contributed by atoms with Crippen LogP contribution in [0.3, 0.4) is 0 Å². The Labute approximate surface area is 140 Å². The molecule has 2 aromatic heterocycles. The molecule has 0 amide bonds. The fourth-order valence-electron chi connectivity index (χ4n) is 2.94. The smallest absolute Gasteiger partial charge is 0.326 e. The lowest BCUT2D eigenvalue weighted by Gasteiger charge is -2.17. The van der Waals surface area contributed by atoms with E-state index in [0.29, 0.717) is 30.3 Å². The molecule has 6 heteroatoms. The number of para-hydroxylation sites is 1. The minimum Gasteiger partial charge on any atom is -0.480 e. The molecule has 24 heavy (non-hydrogen) atoms. The van der Waals surface area contributed by atoms with Gasteiger partial charge in [-0.05, 0) is 18.6 Å². The number of aromatic nitrogens is 3. The zero-order chi connectivity index (χ0) is 17.1. The number of carboxylic acid groups (broad SMARTS) is 1. The van der Waals surface area contributed by atoms with Crippen LogP contribution in [-0.4, -0.2) is 25.8 Å². The van der Waals surface area contributed by atoms with Gasteiger partial charge in [0.1, 0.15) is 11.7 Å². The fraction of sp³-hybridized carbons (Fsp3) is 0.389. The van der Waals surface area contributed by atoms with E-state index in [4.69, 9.17) is 4.42 Å². The first-order valence-electron chi connectivity index (χ1n) is 8.31. The number of benzene rings is 1.